The van der Waals surface area contributed by atoms with Gasteiger partial charge in [0.15, 0.2) is 0 Å². The highest BCUT2D eigenvalue weighted by Gasteiger charge is 2.10. The van der Waals surface area contributed by atoms with Gasteiger partial charge in [-0.1, -0.05) is 37.4 Å². The van der Waals surface area contributed by atoms with Crippen LogP contribution in [-0.2, 0) is 9.59 Å². The van der Waals surface area contributed by atoms with Gasteiger partial charge in [-0.3, -0.25) is 31.3 Å². The maximum Gasteiger partial charge on any atom is 0.238 e. The van der Waals surface area contributed by atoms with Gasteiger partial charge >= 0.3 is 0 Å². The highest BCUT2D eigenvalue weighted by molar-refractivity contribution is 5.84. The van der Waals surface area contributed by atoms with Gasteiger partial charge in [-0.15, -0.1) is 0 Å². The van der Waals surface area contributed by atoms with E-state index in [1.54, 1.807) is 36.4 Å². The number of rotatable bonds is 9. The monoisotopic (exact) mass is 382 g/mol. The van der Waals surface area contributed by atoms with Crippen LogP contribution in [0.15, 0.2) is 61.7 Å². The van der Waals surface area contributed by atoms with E-state index in [0.717, 1.165) is 0 Å². The number of aromatic hydroxyl groups is 2. The molecular weight excluding hydrogens is 360 g/mol. The number of hydrazine groups is 2. The molecule has 0 unspecified atom stereocenters. The Bertz CT molecular complexity index is 822. The zero-order valence-electron chi connectivity index (χ0n) is 15.2. The van der Waals surface area contributed by atoms with Crippen LogP contribution in [0.25, 0.3) is 11.4 Å². The molecule has 8 heteroatoms. The number of hydrogen-bond acceptors (Lipinski definition) is 6. The van der Waals surface area contributed by atoms with Gasteiger partial charge in [0, 0.05) is 24.0 Å². The summed E-state index contributed by atoms with van der Waals surface area (Å²) in [5.74, 6) is -0.786. The van der Waals surface area contributed by atoms with Crippen LogP contribution in [-0.4, -0.2) is 22.0 Å². The molecule has 0 radical (unpaired) electrons. The van der Waals surface area contributed by atoms with Crippen molar-refractivity contribution in [2.45, 2.75) is 12.8 Å². The minimum absolute atomic E-state index is 0.0318. The van der Waals surface area contributed by atoms with Gasteiger partial charge in [0.05, 0.1) is 11.4 Å². The minimum Gasteiger partial charge on any atom is -0.507 e. The van der Waals surface area contributed by atoms with Gasteiger partial charge in [-0.05, 0) is 24.3 Å². The molecule has 0 saturated carbocycles. The van der Waals surface area contributed by atoms with Crippen LogP contribution < -0.4 is 21.7 Å². The first-order valence-corrected chi connectivity index (χ1v) is 8.42. The van der Waals surface area contributed by atoms with Crippen molar-refractivity contribution in [2.75, 3.05) is 0 Å². The highest BCUT2D eigenvalue weighted by Crippen LogP contribution is 2.21. The largest absolute Gasteiger partial charge is 0.507 e. The second-order valence-corrected chi connectivity index (χ2v) is 5.84. The lowest BCUT2D eigenvalue weighted by molar-refractivity contribution is -0.127. The highest BCUT2D eigenvalue weighted by atomic mass is 16.3. The Labute approximate surface area is 162 Å². The Morgan fingerprint density at radius 3 is 1.39 bits per heavy atom. The Balaban J connectivity index is 1.70. The summed E-state index contributed by atoms with van der Waals surface area (Å²) >= 11 is 0. The van der Waals surface area contributed by atoms with Crippen LogP contribution in [0.2, 0.25) is 0 Å². The third-order valence-electron chi connectivity index (χ3n) is 3.74. The Hall–Kier alpha value is -3.94. The molecule has 28 heavy (non-hydrogen) atoms. The van der Waals surface area contributed by atoms with E-state index in [1.165, 1.54) is 12.1 Å². The second-order valence-electron chi connectivity index (χ2n) is 5.84. The van der Waals surface area contributed by atoms with Gasteiger partial charge in [0.1, 0.15) is 11.5 Å². The van der Waals surface area contributed by atoms with Crippen LogP contribution in [0.3, 0.4) is 0 Å². The van der Waals surface area contributed by atoms with E-state index in [4.69, 9.17) is 0 Å². The van der Waals surface area contributed by atoms with Crippen molar-refractivity contribution in [1.82, 2.24) is 21.7 Å². The normalized spacial score (nSPS) is 9.86. The molecule has 0 fully saturated rings. The predicted molar refractivity (Wildman–Crippen MR) is 106 cm³/mol. The number of amides is 2. The smallest absolute Gasteiger partial charge is 0.238 e. The van der Waals surface area contributed by atoms with Gasteiger partial charge in [0.2, 0.25) is 11.8 Å². The fraction of sp³-hybridized carbons (Fsp3) is 0.100. The van der Waals surface area contributed by atoms with Crippen molar-refractivity contribution >= 4 is 23.2 Å². The van der Waals surface area contributed by atoms with Crippen molar-refractivity contribution in [3.05, 3.63) is 72.8 Å². The molecule has 0 atom stereocenters. The first kappa shape index (κ1) is 20.4. The number of hydrogen-bond donors (Lipinski definition) is 6. The Kier molecular flexibility index (Phi) is 7.04. The second kappa shape index (κ2) is 9.67. The predicted octanol–water partition coefficient (Wildman–Crippen LogP) is 1.76. The molecule has 0 aliphatic carbocycles. The maximum absolute atomic E-state index is 11.8. The van der Waals surface area contributed by atoms with Crippen molar-refractivity contribution in [3.63, 3.8) is 0 Å². The molecule has 0 spiro atoms. The van der Waals surface area contributed by atoms with E-state index in [-0.39, 0.29) is 24.3 Å². The number of benzene rings is 2. The Morgan fingerprint density at radius 2 is 1.04 bits per heavy atom. The molecule has 0 aromatic heterocycles. The van der Waals surface area contributed by atoms with E-state index in [9.17, 15) is 19.8 Å². The average molecular weight is 382 g/mol. The summed E-state index contributed by atoms with van der Waals surface area (Å²) in [5.41, 5.74) is 11.6. The third-order valence-corrected chi connectivity index (χ3v) is 3.74. The number of carbonyl (C=O) groups excluding carboxylic acids is 2. The van der Waals surface area contributed by atoms with Crippen LogP contribution in [0.4, 0.5) is 0 Å². The van der Waals surface area contributed by atoms with Crippen molar-refractivity contribution in [3.8, 4) is 11.5 Å². The lowest BCUT2D eigenvalue weighted by atomic mass is 10.1. The molecular formula is C20H22N4O4. The molecule has 0 heterocycles. The van der Waals surface area contributed by atoms with Crippen molar-refractivity contribution in [1.29, 1.82) is 0 Å². The Morgan fingerprint density at radius 1 is 0.679 bits per heavy atom. The summed E-state index contributed by atoms with van der Waals surface area (Å²) in [6.07, 6.45) is -0.144. The van der Waals surface area contributed by atoms with Gasteiger partial charge in [0.25, 0.3) is 0 Å². The van der Waals surface area contributed by atoms with Crippen molar-refractivity contribution in [2.24, 2.45) is 0 Å². The summed E-state index contributed by atoms with van der Waals surface area (Å²) < 4.78 is 0. The molecule has 8 nitrogen and oxygen atoms in total. The van der Waals surface area contributed by atoms with E-state index >= 15 is 0 Å². The fourth-order valence-electron chi connectivity index (χ4n) is 2.23. The van der Waals surface area contributed by atoms with Crippen LogP contribution in [0.1, 0.15) is 24.0 Å². The van der Waals surface area contributed by atoms with E-state index in [2.05, 4.69) is 34.9 Å². The van der Waals surface area contributed by atoms with E-state index in [1.807, 2.05) is 0 Å². The van der Waals surface area contributed by atoms with Crippen LogP contribution in [0.5, 0.6) is 11.5 Å². The fourth-order valence-corrected chi connectivity index (χ4v) is 2.23. The lowest BCUT2D eigenvalue weighted by Crippen LogP contribution is -2.39. The topological polar surface area (TPSA) is 123 Å². The molecule has 0 saturated heterocycles. The van der Waals surface area contributed by atoms with Gasteiger partial charge in [-0.25, -0.2) is 0 Å². The summed E-state index contributed by atoms with van der Waals surface area (Å²) in [6, 6.07) is 13.1. The molecule has 0 bridgehead atoms. The van der Waals surface area contributed by atoms with E-state index < -0.39 is 11.8 Å². The summed E-state index contributed by atoms with van der Waals surface area (Å²) in [5, 5.41) is 19.5. The molecule has 6 N–H and O–H groups in total. The average Bonchev–Trinajstić information content (AvgIpc) is 2.69. The lowest BCUT2D eigenvalue weighted by Gasteiger charge is -2.13. The zero-order chi connectivity index (χ0) is 20.5. The minimum atomic E-state index is -0.425. The number of carbonyl (C=O) groups is 2. The van der Waals surface area contributed by atoms with Crippen LogP contribution in [0, 0.1) is 0 Å². The summed E-state index contributed by atoms with van der Waals surface area (Å²) in [6.45, 7) is 7.46. The molecule has 2 aromatic rings. The third kappa shape index (κ3) is 5.80. The zero-order valence-corrected chi connectivity index (χ0v) is 15.2. The molecule has 2 aromatic carbocycles. The van der Waals surface area contributed by atoms with Gasteiger partial charge < -0.3 is 10.2 Å². The number of phenolic OH excluding ortho intramolecular Hbond substituents is 2. The van der Waals surface area contributed by atoms with Gasteiger partial charge in [-0.2, -0.15) is 0 Å². The first-order valence-electron chi connectivity index (χ1n) is 8.42. The SMILES string of the molecule is C=C(NNC(=O)CCC(=O)NNC(=C)c1ccccc1O)c1ccccc1O. The number of phenols is 2. The molecule has 146 valence electrons. The standard InChI is InChI=1S/C20H22N4O4/c1-13(15-7-3-5-9-17(15)25)21-23-19(27)11-12-20(28)24-22-14(2)16-8-4-6-10-18(16)26/h3-10,21-22,25-26H,1-2,11-12H2,(H,23,27)(H,24,28). The van der Waals surface area contributed by atoms with E-state index in [0.29, 0.717) is 22.5 Å². The van der Waals surface area contributed by atoms with Crippen LogP contribution >= 0.6 is 0 Å². The molecule has 2 amide bonds. The summed E-state index contributed by atoms with van der Waals surface area (Å²) in [7, 11) is 0. The maximum atomic E-state index is 11.8. The number of nitrogens with one attached hydrogen (secondary N) is 4. The first-order chi connectivity index (χ1) is 13.4. The molecule has 0 aliphatic rings. The quantitative estimate of drug-likeness (QED) is 0.368. The van der Waals surface area contributed by atoms with Crippen molar-refractivity contribution < 1.29 is 19.8 Å². The summed E-state index contributed by atoms with van der Waals surface area (Å²) in [4.78, 5) is 23.7. The molecule has 2 rings (SSSR count). The molecule has 0 aliphatic heterocycles. The number of para-hydroxylation sites is 2.